The van der Waals surface area contributed by atoms with Crippen molar-refractivity contribution in [1.29, 1.82) is 0 Å². The molecule has 0 aliphatic carbocycles. The SMILES string of the molecule is CC(C)(C)c1cccc(OCCNC(=O)c2cccc(N)c2)c1. The number of carbonyl (C=O) groups excluding carboxylic acids is 1. The number of nitrogen functional groups attached to an aromatic ring is 1. The second kappa shape index (κ2) is 7.18. The molecular weight excluding hydrogens is 288 g/mol. The maximum Gasteiger partial charge on any atom is 0.251 e. The second-order valence-electron chi connectivity index (χ2n) is 6.51. The van der Waals surface area contributed by atoms with Crippen LogP contribution in [-0.4, -0.2) is 19.1 Å². The molecule has 0 aliphatic heterocycles. The zero-order valence-electron chi connectivity index (χ0n) is 13.9. The Morgan fingerprint density at radius 2 is 1.87 bits per heavy atom. The maximum atomic E-state index is 12.0. The molecule has 0 heterocycles. The standard InChI is InChI=1S/C19H24N2O2/c1-19(2,3)15-7-5-9-17(13-15)23-11-10-21-18(22)14-6-4-8-16(20)12-14/h4-9,12-13H,10-11,20H2,1-3H3,(H,21,22). The van der Waals surface area contributed by atoms with Crippen LogP contribution in [0, 0.1) is 0 Å². The molecule has 0 aliphatic rings. The van der Waals surface area contributed by atoms with Crippen LogP contribution in [0.2, 0.25) is 0 Å². The van der Waals surface area contributed by atoms with Crippen LogP contribution in [0.3, 0.4) is 0 Å². The van der Waals surface area contributed by atoms with E-state index in [1.807, 2.05) is 18.2 Å². The van der Waals surface area contributed by atoms with Crippen molar-refractivity contribution < 1.29 is 9.53 Å². The number of nitrogens with one attached hydrogen (secondary N) is 1. The van der Waals surface area contributed by atoms with Crippen LogP contribution < -0.4 is 15.8 Å². The molecule has 1 amide bonds. The van der Waals surface area contributed by atoms with Gasteiger partial charge in [0.2, 0.25) is 0 Å². The molecule has 4 heteroatoms. The van der Waals surface area contributed by atoms with Crippen LogP contribution in [0.1, 0.15) is 36.7 Å². The lowest BCUT2D eigenvalue weighted by molar-refractivity contribution is 0.0947. The molecule has 2 rings (SSSR count). The van der Waals surface area contributed by atoms with Gasteiger partial charge in [0.1, 0.15) is 12.4 Å². The van der Waals surface area contributed by atoms with Gasteiger partial charge in [-0.15, -0.1) is 0 Å². The number of amides is 1. The molecule has 4 nitrogen and oxygen atoms in total. The van der Waals surface area contributed by atoms with Crippen molar-refractivity contribution in [2.45, 2.75) is 26.2 Å². The molecule has 3 N–H and O–H groups in total. The van der Waals surface area contributed by atoms with Gasteiger partial charge in [-0.1, -0.05) is 39.0 Å². The first-order chi connectivity index (χ1) is 10.9. The molecule has 2 aromatic carbocycles. The summed E-state index contributed by atoms with van der Waals surface area (Å²) in [6.07, 6.45) is 0. The van der Waals surface area contributed by atoms with E-state index in [2.05, 4.69) is 32.2 Å². The zero-order chi connectivity index (χ0) is 16.9. The van der Waals surface area contributed by atoms with Gasteiger partial charge in [0.05, 0.1) is 6.54 Å². The fourth-order valence-electron chi connectivity index (χ4n) is 2.17. The van der Waals surface area contributed by atoms with Crippen LogP contribution in [0.5, 0.6) is 5.75 Å². The Balaban J connectivity index is 1.83. The van der Waals surface area contributed by atoms with Crippen molar-refractivity contribution in [3.8, 4) is 5.75 Å². The predicted molar refractivity (Wildman–Crippen MR) is 93.8 cm³/mol. The minimum atomic E-state index is -0.149. The van der Waals surface area contributed by atoms with Gasteiger partial charge in [-0.25, -0.2) is 0 Å². The number of hydrogen-bond acceptors (Lipinski definition) is 3. The first-order valence-electron chi connectivity index (χ1n) is 7.73. The van der Waals surface area contributed by atoms with Gasteiger partial charge in [-0.3, -0.25) is 4.79 Å². The number of benzene rings is 2. The summed E-state index contributed by atoms with van der Waals surface area (Å²) in [5.41, 5.74) is 8.11. The third-order valence-corrected chi connectivity index (χ3v) is 3.51. The maximum absolute atomic E-state index is 12.0. The van der Waals surface area contributed by atoms with E-state index in [9.17, 15) is 4.79 Å². The van der Waals surface area contributed by atoms with E-state index < -0.39 is 0 Å². The summed E-state index contributed by atoms with van der Waals surface area (Å²) < 4.78 is 5.71. The van der Waals surface area contributed by atoms with Gasteiger partial charge < -0.3 is 15.8 Å². The lowest BCUT2D eigenvalue weighted by atomic mass is 9.87. The molecule has 0 saturated heterocycles. The Morgan fingerprint density at radius 3 is 2.57 bits per heavy atom. The van der Waals surface area contributed by atoms with Crippen LogP contribution >= 0.6 is 0 Å². The van der Waals surface area contributed by atoms with Crippen molar-refractivity contribution in [2.24, 2.45) is 0 Å². The summed E-state index contributed by atoms with van der Waals surface area (Å²) in [4.78, 5) is 12.0. The lowest BCUT2D eigenvalue weighted by Crippen LogP contribution is -2.28. The number of ether oxygens (including phenoxy) is 1. The summed E-state index contributed by atoms with van der Waals surface area (Å²) in [5.74, 6) is 0.667. The van der Waals surface area contributed by atoms with Crippen molar-refractivity contribution in [3.05, 3.63) is 59.7 Å². The summed E-state index contributed by atoms with van der Waals surface area (Å²) >= 11 is 0. The number of nitrogens with two attached hydrogens (primary N) is 1. The van der Waals surface area contributed by atoms with Gasteiger partial charge in [-0.2, -0.15) is 0 Å². The Labute approximate surface area is 137 Å². The van der Waals surface area contributed by atoms with E-state index in [0.717, 1.165) is 5.75 Å². The van der Waals surface area contributed by atoms with Crippen LogP contribution in [0.4, 0.5) is 5.69 Å². The van der Waals surface area contributed by atoms with Gasteiger partial charge in [0, 0.05) is 11.3 Å². The van der Waals surface area contributed by atoms with E-state index in [-0.39, 0.29) is 11.3 Å². The average molecular weight is 312 g/mol. The third-order valence-electron chi connectivity index (χ3n) is 3.51. The molecule has 0 atom stereocenters. The molecule has 0 bridgehead atoms. The largest absolute Gasteiger partial charge is 0.492 e. The van der Waals surface area contributed by atoms with Gasteiger partial charge in [0.25, 0.3) is 5.91 Å². The Bertz CT molecular complexity index is 675. The summed E-state index contributed by atoms with van der Waals surface area (Å²) in [6.45, 7) is 7.35. The fraction of sp³-hybridized carbons (Fsp3) is 0.316. The predicted octanol–water partition coefficient (Wildman–Crippen LogP) is 3.38. The van der Waals surface area contributed by atoms with Crippen molar-refractivity contribution in [3.63, 3.8) is 0 Å². The number of rotatable bonds is 5. The molecule has 0 aromatic heterocycles. The summed E-state index contributed by atoms with van der Waals surface area (Å²) in [5, 5.41) is 2.82. The highest BCUT2D eigenvalue weighted by Crippen LogP contribution is 2.25. The van der Waals surface area contributed by atoms with Crippen LogP contribution in [0.25, 0.3) is 0 Å². The van der Waals surface area contributed by atoms with E-state index in [1.165, 1.54) is 5.56 Å². The minimum absolute atomic E-state index is 0.0842. The van der Waals surface area contributed by atoms with E-state index in [1.54, 1.807) is 24.3 Å². The minimum Gasteiger partial charge on any atom is -0.492 e. The average Bonchev–Trinajstić information content (AvgIpc) is 2.51. The first kappa shape index (κ1) is 16.9. The van der Waals surface area contributed by atoms with Crippen molar-refractivity contribution >= 4 is 11.6 Å². The normalized spacial score (nSPS) is 11.1. The zero-order valence-corrected chi connectivity index (χ0v) is 13.9. The first-order valence-corrected chi connectivity index (χ1v) is 7.73. The topological polar surface area (TPSA) is 64.3 Å². The van der Waals surface area contributed by atoms with Gasteiger partial charge in [-0.05, 0) is 41.3 Å². The Kier molecular flexibility index (Phi) is 5.27. The molecule has 122 valence electrons. The third kappa shape index (κ3) is 5.02. The van der Waals surface area contributed by atoms with Crippen molar-refractivity contribution in [1.82, 2.24) is 5.32 Å². The Hall–Kier alpha value is -2.49. The van der Waals surface area contributed by atoms with E-state index >= 15 is 0 Å². The summed E-state index contributed by atoms with van der Waals surface area (Å²) in [7, 11) is 0. The fourth-order valence-corrected chi connectivity index (χ4v) is 2.17. The van der Waals surface area contributed by atoms with E-state index in [4.69, 9.17) is 10.5 Å². The number of hydrogen-bond donors (Lipinski definition) is 2. The van der Waals surface area contributed by atoms with E-state index in [0.29, 0.717) is 24.4 Å². The monoisotopic (exact) mass is 312 g/mol. The highest BCUT2D eigenvalue weighted by atomic mass is 16.5. The molecule has 0 fully saturated rings. The highest BCUT2D eigenvalue weighted by Gasteiger charge is 2.13. The Morgan fingerprint density at radius 1 is 1.13 bits per heavy atom. The smallest absolute Gasteiger partial charge is 0.251 e. The van der Waals surface area contributed by atoms with Gasteiger partial charge >= 0.3 is 0 Å². The molecule has 0 unspecified atom stereocenters. The number of carbonyl (C=O) groups is 1. The van der Waals surface area contributed by atoms with Gasteiger partial charge in [0.15, 0.2) is 0 Å². The lowest BCUT2D eigenvalue weighted by Gasteiger charge is -2.19. The quantitative estimate of drug-likeness (QED) is 0.657. The number of anilines is 1. The molecule has 0 radical (unpaired) electrons. The highest BCUT2D eigenvalue weighted by molar-refractivity contribution is 5.94. The van der Waals surface area contributed by atoms with Crippen molar-refractivity contribution in [2.75, 3.05) is 18.9 Å². The molecule has 23 heavy (non-hydrogen) atoms. The van der Waals surface area contributed by atoms with Crippen LogP contribution in [0.15, 0.2) is 48.5 Å². The van der Waals surface area contributed by atoms with Crippen LogP contribution in [-0.2, 0) is 5.41 Å². The molecule has 2 aromatic rings. The summed E-state index contributed by atoms with van der Waals surface area (Å²) in [6, 6.07) is 15.0. The molecular formula is C19H24N2O2. The second-order valence-corrected chi connectivity index (χ2v) is 6.51. The molecule has 0 saturated carbocycles. The molecule has 0 spiro atoms.